The number of methoxy groups -OCH3 is 1. The third-order valence-electron chi connectivity index (χ3n) is 6.07. The number of aliphatic hydroxyl groups is 1. The lowest BCUT2D eigenvalue weighted by Gasteiger charge is -2.31. The highest BCUT2D eigenvalue weighted by molar-refractivity contribution is 6.46. The quantitative estimate of drug-likeness (QED) is 0.291. The Morgan fingerprint density at radius 3 is 2.26 bits per heavy atom. The normalized spacial score (nSPS) is 20.5. The summed E-state index contributed by atoms with van der Waals surface area (Å²) in [7, 11) is 1.29. The molecule has 1 unspecified atom stereocenters. The first-order valence-corrected chi connectivity index (χ1v) is 11.3. The van der Waals surface area contributed by atoms with E-state index >= 15 is 0 Å². The van der Waals surface area contributed by atoms with Crippen LogP contribution >= 0.6 is 11.6 Å². The maximum absolute atomic E-state index is 13.1. The molecular formula is C25H25ClN2O6. The largest absolute Gasteiger partial charge is 0.507 e. The van der Waals surface area contributed by atoms with Crippen molar-refractivity contribution in [3.05, 3.63) is 75.8 Å². The van der Waals surface area contributed by atoms with Crippen molar-refractivity contribution in [1.82, 2.24) is 9.80 Å². The number of carbonyl (C=O) groups is 3. The summed E-state index contributed by atoms with van der Waals surface area (Å²) in [5.74, 6) is -2.19. The van der Waals surface area contributed by atoms with Crippen molar-refractivity contribution in [2.45, 2.75) is 6.04 Å². The van der Waals surface area contributed by atoms with Crippen LogP contribution in [-0.4, -0.2) is 79.1 Å². The van der Waals surface area contributed by atoms with Gasteiger partial charge in [0.15, 0.2) is 0 Å². The number of hydrogen-bond donors (Lipinski definition) is 1. The van der Waals surface area contributed by atoms with Crippen molar-refractivity contribution in [1.29, 1.82) is 0 Å². The fraction of sp³-hybridized carbons (Fsp3) is 0.320. The predicted octanol–water partition coefficient (Wildman–Crippen LogP) is 2.88. The minimum atomic E-state index is -0.802. The number of morpholine rings is 1. The Bertz CT molecular complexity index is 1110. The monoisotopic (exact) mass is 484 g/mol. The molecule has 2 heterocycles. The molecule has 0 bridgehead atoms. The van der Waals surface area contributed by atoms with Crippen LogP contribution in [0.25, 0.3) is 5.76 Å². The minimum absolute atomic E-state index is 0.000109. The summed E-state index contributed by atoms with van der Waals surface area (Å²) >= 11 is 5.96. The van der Waals surface area contributed by atoms with Gasteiger partial charge in [-0.15, -0.1) is 0 Å². The SMILES string of the molecule is COC(=O)c1ccc(C2/C(=C(\O)c3ccc(Cl)cc3)C(=O)C(=O)N2CCN2CCOCC2)cc1. The fourth-order valence-corrected chi connectivity index (χ4v) is 4.34. The second-order valence-electron chi connectivity index (χ2n) is 8.07. The van der Waals surface area contributed by atoms with Gasteiger partial charge in [0, 0.05) is 36.8 Å². The number of nitrogens with zero attached hydrogens (tertiary/aromatic N) is 2. The molecule has 1 amide bonds. The maximum atomic E-state index is 13.1. The van der Waals surface area contributed by atoms with Crippen molar-refractivity contribution >= 4 is 35.0 Å². The van der Waals surface area contributed by atoms with Crippen LogP contribution in [0.2, 0.25) is 5.02 Å². The van der Waals surface area contributed by atoms with Gasteiger partial charge >= 0.3 is 5.97 Å². The van der Waals surface area contributed by atoms with E-state index in [2.05, 4.69) is 4.90 Å². The number of aliphatic hydroxyl groups excluding tert-OH is 1. The molecule has 4 rings (SSSR count). The van der Waals surface area contributed by atoms with Gasteiger partial charge in [-0.1, -0.05) is 23.7 Å². The summed E-state index contributed by atoms with van der Waals surface area (Å²) in [5, 5.41) is 11.6. The highest BCUT2D eigenvalue weighted by Gasteiger charge is 2.46. The third-order valence-corrected chi connectivity index (χ3v) is 6.32. The molecule has 0 aliphatic carbocycles. The van der Waals surface area contributed by atoms with Crippen LogP contribution in [0, 0.1) is 0 Å². The molecule has 0 radical (unpaired) electrons. The van der Waals surface area contributed by atoms with Crippen LogP contribution < -0.4 is 0 Å². The van der Waals surface area contributed by atoms with E-state index in [1.54, 1.807) is 48.5 Å². The zero-order valence-corrected chi connectivity index (χ0v) is 19.5. The van der Waals surface area contributed by atoms with E-state index < -0.39 is 23.7 Å². The fourth-order valence-electron chi connectivity index (χ4n) is 4.21. The Morgan fingerprint density at radius 2 is 1.65 bits per heavy atom. The van der Waals surface area contributed by atoms with Crippen LogP contribution in [0.4, 0.5) is 0 Å². The molecule has 2 aromatic carbocycles. The topological polar surface area (TPSA) is 96.4 Å². The first kappa shape index (κ1) is 23.9. The molecule has 34 heavy (non-hydrogen) atoms. The van der Waals surface area contributed by atoms with E-state index in [9.17, 15) is 19.5 Å². The molecule has 2 aromatic rings. The second-order valence-corrected chi connectivity index (χ2v) is 8.50. The number of ether oxygens (including phenoxy) is 2. The standard InChI is InChI=1S/C25H25ClN2O6/c1-33-25(32)18-4-2-16(3-5-18)21-20(22(29)17-6-8-19(26)9-7-17)23(30)24(31)28(21)11-10-27-12-14-34-15-13-27/h2-9,21,29H,10-15H2,1H3/b22-20+. The van der Waals surface area contributed by atoms with Crippen LogP contribution in [0.1, 0.15) is 27.5 Å². The van der Waals surface area contributed by atoms with E-state index in [0.29, 0.717) is 48.0 Å². The lowest BCUT2D eigenvalue weighted by molar-refractivity contribution is -0.140. The lowest BCUT2D eigenvalue weighted by atomic mass is 9.94. The lowest BCUT2D eigenvalue weighted by Crippen LogP contribution is -2.42. The van der Waals surface area contributed by atoms with Crippen molar-refractivity contribution in [3.63, 3.8) is 0 Å². The van der Waals surface area contributed by atoms with E-state index in [-0.39, 0.29) is 11.3 Å². The Labute approximate surface area is 202 Å². The van der Waals surface area contributed by atoms with Gasteiger partial charge in [0.1, 0.15) is 5.76 Å². The third kappa shape index (κ3) is 4.84. The Hall–Kier alpha value is -3.20. The van der Waals surface area contributed by atoms with Crippen molar-refractivity contribution in [2.75, 3.05) is 46.5 Å². The number of ketones is 1. The van der Waals surface area contributed by atoms with Crippen molar-refractivity contribution < 1.29 is 29.0 Å². The zero-order valence-electron chi connectivity index (χ0n) is 18.7. The smallest absolute Gasteiger partial charge is 0.337 e. The first-order valence-electron chi connectivity index (χ1n) is 10.9. The molecule has 1 atom stereocenters. The molecule has 2 saturated heterocycles. The van der Waals surface area contributed by atoms with Crippen LogP contribution in [0.3, 0.4) is 0 Å². The molecular weight excluding hydrogens is 460 g/mol. The van der Waals surface area contributed by atoms with Gasteiger partial charge in [-0.2, -0.15) is 0 Å². The van der Waals surface area contributed by atoms with E-state index in [1.165, 1.54) is 12.0 Å². The Morgan fingerprint density at radius 1 is 1.03 bits per heavy atom. The summed E-state index contributed by atoms with van der Waals surface area (Å²) in [4.78, 5) is 41.7. The number of Topliss-reactive ketones (excluding diaryl/α,β-unsaturated/α-hetero) is 1. The van der Waals surface area contributed by atoms with Gasteiger partial charge in [0.25, 0.3) is 11.7 Å². The summed E-state index contributed by atoms with van der Waals surface area (Å²) in [6.45, 7) is 3.58. The number of rotatable bonds is 6. The van der Waals surface area contributed by atoms with Gasteiger partial charge in [0.2, 0.25) is 0 Å². The van der Waals surface area contributed by atoms with Gasteiger partial charge in [-0.3, -0.25) is 14.5 Å². The molecule has 9 heteroatoms. The zero-order chi connectivity index (χ0) is 24.2. The minimum Gasteiger partial charge on any atom is -0.507 e. The summed E-state index contributed by atoms with van der Waals surface area (Å²) < 4.78 is 10.1. The molecule has 8 nitrogen and oxygen atoms in total. The molecule has 2 fully saturated rings. The van der Waals surface area contributed by atoms with E-state index in [0.717, 1.165) is 13.1 Å². The van der Waals surface area contributed by atoms with Crippen LogP contribution in [0.15, 0.2) is 54.1 Å². The average Bonchev–Trinajstić information content (AvgIpc) is 3.12. The summed E-state index contributed by atoms with van der Waals surface area (Å²) in [5.41, 5.74) is 1.32. The van der Waals surface area contributed by atoms with E-state index in [1.807, 2.05) is 0 Å². The van der Waals surface area contributed by atoms with Crippen LogP contribution in [0.5, 0.6) is 0 Å². The average molecular weight is 485 g/mol. The Kier molecular flexibility index (Phi) is 7.31. The van der Waals surface area contributed by atoms with Crippen molar-refractivity contribution in [2.24, 2.45) is 0 Å². The van der Waals surface area contributed by atoms with Crippen LogP contribution in [-0.2, 0) is 19.1 Å². The second kappa shape index (κ2) is 10.4. The molecule has 0 aromatic heterocycles. The van der Waals surface area contributed by atoms with E-state index in [4.69, 9.17) is 21.1 Å². The highest BCUT2D eigenvalue weighted by Crippen LogP contribution is 2.39. The number of halogens is 1. The van der Waals surface area contributed by atoms with Gasteiger partial charge in [-0.25, -0.2) is 4.79 Å². The number of hydrogen-bond acceptors (Lipinski definition) is 7. The molecule has 0 saturated carbocycles. The Balaban J connectivity index is 1.73. The summed E-state index contributed by atoms with van der Waals surface area (Å²) in [6, 6.07) is 12.1. The number of carbonyl (C=O) groups excluding carboxylic acids is 3. The molecule has 178 valence electrons. The highest BCUT2D eigenvalue weighted by atomic mass is 35.5. The number of esters is 1. The van der Waals surface area contributed by atoms with Crippen molar-refractivity contribution in [3.8, 4) is 0 Å². The van der Waals surface area contributed by atoms with Gasteiger partial charge in [0.05, 0.1) is 37.5 Å². The maximum Gasteiger partial charge on any atom is 0.337 e. The molecule has 2 aliphatic rings. The predicted molar refractivity (Wildman–Crippen MR) is 126 cm³/mol. The van der Waals surface area contributed by atoms with Gasteiger partial charge in [-0.05, 0) is 42.0 Å². The molecule has 0 spiro atoms. The molecule has 1 N–H and O–H groups in total. The number of amides is 1. The summed E-state index contributed by atoms with van der Waals surface area (Å²) in [6.07, 6.45) is 0. The first-order chi connectivity index (χ1) is 16.4. The van der Waals surface area contributed by atoms with Gasteiger partial charge < -0.3 is 19.5 Å². The number of benzene rings is 2. The number of likely N-dealkylation sites (tertiary alicyclic amines) is 1. The molecule has 2 aliphatic heterocycles.